The molecule has 0 saturated heterocycles. The molecule has 0 aliphatic heterocycles. The topological polar surface area (TPSA) is 59.8 Å². The van der Waals surface area contributed by atoms with Gasteiger partial charge in [0.2, 0.25) is 5.91 Å². The van der Waals surface area contributed by atoms with E-state index in [1.807, 2.05) is 33.9 Å². The van der Waals surface area contributed by atoms with E-state index >= 15 is 0 Å². The summed E-state index contributed by atoms with van der Waals surface area (Å²) < 4.78 is 1.75. The predicted octanol–water partition coefficient (Wildman–Crippen LogP) is 1.00. The van der Waals surface area contributed by atoms with E-state index in [0.717, 1.165) is 12.1 Å². The van der Waals surface area contributed by atoms with Crippen LogP contribution in [0.2, 0.25) is 0 Å². The highest BCUT2D eigenvalue weighted by Crippen LogP contribution is 2.11. The second-order valence-corrected chi connectivity index (χ2v) is 4.83. The summed E-state index contributed by atoms with van der Waals surface area (Å²) in [6.07, 6.45) is 2.79. The molecule has 1 heterocycles. The Morgan fingerprint density at radius 3 is 2.69 bits per heavy atom. The zero-order valence-electron chi connectivity index (χ0n) is 10.4. The van der Waals surface area contributed by atoms with Gasteiger partial charge in [-0.05, 0) is 6.42 Å². The van der Waals surface area contributed by atoms with E-state index in [2.05, 4.69) is 15.6 Å². The number of amides is 1. The molecule has 1 aromatic rings. The summed E-state index contributed by atoms with van der Waals surface area (Å²) in [7, 11) is 0. The number of nitrogens with zero attached hydrogens (tertiary/aromatic N) is 3. The van der Waals surface area contributed by atoms with Crippen LogP contribution >= 0.6 is 0 Å². The summed E-state index contributed by atoms with van der Waals surface area (Å²) in [6, 6.07) is 0. The molecule has 1 aromatic heterocycles. The molecule has 1 amide bonds. The Bertz CT molecular complexity index is 351. The fourth-order valence-corrected chi connectivity index (χ4v) is 1.16. The molecule has 5 heteroatoms. The fraction of sp³-hybridized carbons (Fsp3) is 0.727. The number of rotatable bonds is 4. The third-order valence-corrected chi connectivity index (χ3v) is 2.26. The molecule has 0 spiro atoms. The van der Waals surface area contributed by atoms with Crippen molar-refractivity contribution in [2.24, 2.45) is 5.41 Å². The van der Waals surface area contributed by atoms with E-state index in [4.69, 9.17) is 0 Å². The van der Waals surface area contributed by atoms with Crippen LogP contribution in [0.1, 0.15) is 33.4 Å². The second kappa shape index (κ2) is 5.09. The summed E-state index contributed by atoms with van der Waals surface area (Å²) in [5, 5.41) is 10.8. The predicted molar refractivity (Wildman–Crippen MR) is 61.9 cm³/mol. The first-order valence-corrected chi connectivity index (χ1v) is 5.61. The summed E-state index contributed by atoms with van der Waals surface area (Å²) >= 11 is 0. The van der Waals surface area contributed by atoms with Crippen molar-refractivity contribution in [1.29, 1.82) is 0 Å². The molecular formula is C11H20N4O. The quantitative estimate of drug-likeness (QED) is 0.830. The van der Waals surface area contributed by atoms with Gasteiger partial charge >= 0.3 is 0 Å². The third-order valence-electron chi connectivity index (χ3n) is 2.26. The van der Waals surface area contributed by atoms with E-state index in [9.17, 15) is 4.79 Å². The van der Waals surface area contributed by atoms with Gasteiger partial charge in [0.15, 0.2) is 0 Å². The highest BCUT2D eigenvalue weighted by molar-refractivity contribution is 5.81. The summed E-state index contributed by atoms with van der Waals surface area (Å²) in [4.78, 5) is 11.6. The molecule has 90 valence electrons. The number of aryl methyl sites for hydroxylation is 1. The van der Waals surface area contributed by atoms with Crippen molar-refractivity contribution in [2.75, 3.05) is 6.54 Å². The van der Waals surface area contributed by atoms with Crippen molar-refractivity contribution >= 4 is 5.91 Å². The molecule has 0 fully saturated rings. The third kappa shape index (κ3) is 3.64. The molecule has 0 saturated carbocycles. The van der Waals surface area contributed by atoms with Crippen LogP contribution in [0.5, 0.6) is 0 Å². The Hall–Kier alpha value is -1.39. The van der Waals surface area contributed by atoms with Crippen molar-refractivity contribution in [3.8, 4) is 0 Å². The molecule has 1 rings (SSSR count). The van der Waals surface area contributed by atoms with Gasteiger partial charge in [-0.1, -0.05) is 32.9 Å². The van der Waals surface area contributed by atoms with Crippen LogP contribution in [0.15, 0.2) is 6.20 Å². The largest absolute Gasteiger partial charge is 0.354 e. The van der Waals surface area contributed by atoms with E-state index in [1.54, 1.807) is 4.68 Å². The Morgan fingerprint density at radius 1 is 1.50 bits per heavy atom. The van der Waals surface area contributed by atoms with E-state index in [0.29, 0.717) is 13.1 Å². The maximum Gasteiger partial charge on any atom is 0.225 e. The first-order valence-electron chi connectivity index (χ1n) is 5.61. The number of nitrogens with one attached hydrogen (secondary N) is 1. The van der Waals surface area contributed by atoms with Crippen LogP contribution in [-0.2, 0) is 17.8 Å². The lowest BCUT2D eigenvalue weighted by Crippen LogP contribution is -2.36. The Labute approximate surface area is 96.2 Å². The molecule has 5 nitrogen and oxygen atoms in total. The van der Waals surface area contributed by atoms with Crippen molar-refractivity contribution in [3.05, 3.63) is 11.9 Å². The van der Waals surface area contributed by atoms with Gasteiger partial charge in [-0.15, -0.1) is 5.10 Å². The van der Waals surface area contributed by atoms with Crippen LogP contribution < -0.4 is 5.32 Å². The molecule has 0 unspecified atom stereocenters. The number of aromatic nitrogens is 3. The Balaban J connectivity index is 2.33. The van der Waals surface area contributed by atoms with Gasteiger partial charge in [-0.3, -0.25) is 9.48 Å². The molecule has 0 aliphatic rings. The summed E-state index contributed by atoms with van der Waals surface area (Å²) in [5.74, 6) is 0.0586. The average Bonchev–Trinajstić information content (AvgIpc) is 2.64. The van der Waals surface area contributed by atoms with Gasteiger partial charge in [0, 0.05) is 18.2 Å². The fourth-order valence-electron chi connectivity index (χ4n) is 1.16. The smallest absolute Gasteiger partial charge is 0.225 e. The van der Waals surface area contributed by atoms with Crippen LogP contribution in [-0.4, -0.2) is 27.4 Å². The first kappa shape index (κ1) is 12.7. The van der Waals surface area contributed by atoms with Crippen LogP contribution in [0.4, 0.5) is 0 Å². The lowest BCUT2D eigenvalue weighted by atomic mass is 9.96. The van der Waals surface area contributed by atoms with E-state index in [1.165, 1.54) is 0 Å². The van der Waals surface area contributed by atoms with Gasteiger partial charge in [0.05, 0.1) is 12.2 Å². The number of carbonyl (C=O) groups excluding carboxylic acids is 1. The maximum atomic E-state index is 11.6. The number of carbonyl (C=O) groups is 1. The normalized spacial score (nSPS) is 11.5. The lowest BCUT2D eigenvalue weighted by molar-refractivity contribution is -0.128. The average molecular weight is 224 g/mol. The second-order valence-electron chi connectivity index (χ2n) is 4.83. The standard InChI is InChI=1S/C11H20N4O/c1-5-9-8-15(14-13-9)7-6-12-10(16)11(2,3)4/h8H,5-7H2,1-4H3,(H,12,16). The SMILES string of the molecule is CCc1cn(CCNC(=O)C(C)(C)C)nn1. The van der Waals surface area contributed by atoms with Crippen molar-refractivity contribution < 1.29 is 4.79 Å². The molecule has 0 aromatic carbocycles. The zero-order chi connectivity index (χ0) is 12.2. The highest BCUT2D eigenvalue weighted by Gasteiger charge is 2.20. The minimum Gasteiger partial charge on any atom is -0.354 e. The molecule has 0 bridgehead atoms. The highest BCUT2D eigenvalue weighted by atomic mass is 16.2. The maximum absolute atomic E-state index is 11.6. The Morgan fingerprint density at radius 2 is 2.19 bits per heavy atom. The summed E-state index contributed by atoms with van der Waals surface area (Å²) in [6.45, 7) is 8.97. The zero-order valence-corrected chi connectivity index (χ0v) is 10.4. The van der Waals surface area contributed by atoms with Crippen molar-refractivity contribution in [3.63, 3.8) is 0 Å². The lowest BCUT2D eigenvalue weighted by Gasteiger charge is -2.17. The van der Waals surface area contributed by atoms with Gasteiger partial charge in [0.25, 0.3) is 0 Å². The van der Waals surface area contributed by atoms with E-state index in [-0.39, 0.29) is 11.3 Å². The first-order chi connectivity index (χ1) is 7.43. The van der Waals surface area contributed by atoms with Crippen LogP contribution in [0.25, 0.3) is 0 Å². The van der Waals surface area contributed by atoms with Gasteiger partial charge in [-0.25, -0.2) is 0 Å². The van der Waals surface area contributed by atoms with Crippen LogP contribution in [0, 0.1) is 5.41 Å². The van der Waals surface area contributed by atoms with E-state index < -0.39 is 0 Å². The van der Waals surface area contributed by atoms with Crippen molar-refractivity contribution in [2.45, 2.75) is 40.7 Å². The molecule has 0 aliphatic carbocycles. The number of hydrogen-bond acceptors (Lipinski definition) is 3. The molecule has 1 N–H and O–H groups in total. The van der Waals surface area contributed by atoms with Crippen LogP contribution in [0.3, 0.4) is 0 Å². The molecule has 0 atom stereocenters. The number of hydrogen-bond donors (Lipinski definition) is 1. The molecule has 16 heavy (non-hydrogen) atoms. The van der Waals surface area contributed by atoms with Gasteiger partial charge in [-0.2, -0.15) is 0 Å². The molecular weight excluding hydrogens is 204 g/mol. The summed E-state index contributed by atoms with van der Waals surface area (Å²) in [5.41, 5.74) is 0.638. The Kier molecular flexibility index (Phi) is 4.04. The minimum atomic E-state index is -0.336. The van der Waals surface area contributed by atoms with Gasteiger partial charge < -0.3 is 5.32 Å². The van der Waals surface area contributed by atoms with Gasteiger partial charge in [0.1, 0.15) is 0 Å². The minimum absolute atomic E-state index is 0.0586. The van der Waals surface area contributed by atoms with Crippen molar-refractivity contribution in [1.82, 2.24) is 20.3 Å². The monoisotopic (exact) mass is 224 g/mol. The molecule has 0 radical (unpaired) electrons.